The Bertz CT molecular complexity index is 808. The molecule has 2 rings (SSSR count). The van der Waals surface area contributed by atoms with E-state index in [9.17, 15) is 23.1 Å². The number of aryl methyl sites for hydroxylation is 1. The molecule has 0 unspecified atom stereocenters. The molecule has 0 saturated heterocycles. The van der Waals surface area contributed by atoms with Crippen LogP contribution in [0.5, 0.6) is 0 Å². The number of alkyl halides is 3. The molecule has 0 saturated carbocycles. The van der Waals surface area contributed by atoms with Crippen LogP contribution in [0.2, 0.25) is 5.02 Å². The van der Waals surface area contributed by atoms with Crippen LogP contribution in [-0.2, 0) is 4.79 Å². The summed E-state index contributed by atoms with van der Waals surface area (Å²) in [6, 6.07) is 7.13. The van der Waals surface area contributed by atoms with Crippen molar-refractivity contribution in [2.45, 2.75) is 13.1 Å². The summed E-state index contributed by atoms with van der Waals surface area (Å²) in [5.41, 5.74) is -0.0457. The summed E-state index contributed by atoms with van der Waals surface area (Å²) in [4.78, 5) is 15.3. The molecular formula is C16H11ClF3NO3. The van der Waals surface area contributed by atoms with Gasteiger partial charge in [0.05, 0.1) is 17.5 Å². The number of hydrogen-bond acceptors (Lipinski definition) is 4. The third-order valence-corrected chi connectivity index (χ3v) is 3.42. The molecule has 0 atom stereocenters. The van der Waals surface area contributed by atoms with E-state index in [0.717, 1.165) is 11.8 Å². The fraction of sp³-hybridized carbons (Fsp3) is 0.125. The molecule has 0 spiro atoms. The quantitative estimate of drug-likeness (QED) is 0.473. The third kappa shape index (κ3) is 4.05. The second kappa shape index (κ2) is 6.92. The van der Waals surface area contributed by atoms with Gasteiger partial charge in [0.1, 0.15) is 0 Å². The number of carbonyl (C=O) groups is 1. The minimum atomic E-state index is -5.17. The summed E-state index contributed by atoms with van der Waals surface area (Å²) in [5.74, 6) is -3.47. The van der Waals surface area contributed by atoms with Gasteiger partial charge in [-0.3, -0.25) is 9.79 Å². The van der Waals surface area contributed by atoms with Crippen LogP contribution >= 0.6 is 11.6 Å². The van der Waals surface area contributed by atoms with Gasteiger partial charge in [0.15, 0.2) is 11.5 Å². The van der Waals surface area contributed by atoms with Crippen LogP contribution < -0.4 is 0 Å². The predicted octanol–water partition coefficient (Wildman–Crippen LogP) is 5.04. The largest absolute Gasteiger partial charge is 0.504 e. The molecule has 126 valence electrons. The van der Waals surface area contributed by atoms with E-state index >= 15 is 0 Å². The Morgan fingerprint density at radius 1 is 1.33 bits per heavy atom. The molecule has 2 aromatic rings. The number of benzene rings is 1. The Morgan fingerprint density at radius 2 is 2.04 bits per heavy atom. The Balaban J connectivity index is 2.47. The Morgan fingerprint density at radius 3 is 2.58 bits per heavy atom. The molecule has 0 fully saturated rings. The number of aliphatic imine (C=N–C) groups is 1. The molecule has 4 nitrogen and oxygen atoms in total. The lowest BCUT2D eigenvalue weighted by Crippen LogP contribution is -2.26. The van der Waals surface area contributed by atoms with Crippen LogP contribution in [0.4, 0.5) is 18.9 Å². The van der Waals surface area contributed by atoms with Gasteiger partial charge in [-0.25, -0.2) is 0 Å². The number of nitrogens with zero attached hydrogens (tertiary/aromatic N) is 1. The fourth-order valence-corrected chi connectivity index (χ4v) is 1.90. The maximum Gasteiger partial charge on any atom is 0.455 e. The third-order valence-electron chi connectivity index (χ3n) is 3.01. The van der Waals surface area contributed by atoms with E-state index in [1.54, 1.807) is 13.0 Å². The molecular weight excluding hydrogens is 347 g/mol. The summed E-state index contributed by atoms with van der Waals surface area (Å²) in [6.45, 7) is 1.75. The van der Waals surface area contributed by atoms with Gasteiger partial charge in [-0.1, -0.05) is 17.7 Å². The van der Waals surface area contributed by atoms with Gasteiger partial charge in [0, 0.05) is 11.2 Å². The molecule has 0 bridgehead atoms. The van der Waals surface area contributed by atoms with Crippen LogP contribution in [-0.4, -0.2) is 23.3 Å². The highest BCUT2D eigenvalue weighted by atomic mass is 35.5. The zero-order valence-corrected chi connectivity index (χ0v) is 13.0. The summed E-state index contributed by atoms with van der Waals surface area (Å²) >= 11 is 5.91. The zero-order valence-electron chi connectivity index (χ0n) is 12.3. The van der Waals surface area contributed by atoms with Crippen molar-refractivity contribution in [3.63, 3.8) is 0 Å². The second-order valence-electron chi connectivity index (χ2n) is 4.76. The van der Waals surface area contributed by atoms with E-state index in [1.807, 2.05) is 0 Å². The first-order valence-corrected chi connectivity index (χ1v) is 6.97. The molecule has 1 N–H and O–H groups in total. The average molecular weight is 358 g/mol. The lowest BCUT2D eigenvalue weighted by Gasteiger charge is -2.07. The minimum Gasteiger partial charge on any atom is -0.504 e. The van der Waals surface area contributed by atoms with Gasteiger partial charge < -0.3 is 9.52 Å². The van der Waals surface area contributed by atoms with Crippen molar-refractivity contribution < 1.29 is 27.5 Å². The van der Waals surface area contributed by atoms with Crippen molar-refractivity contribution >= 4 is 35.0 Å². The number of hydrogen-bond donors (Lipinski definition) is 1. The van der Waals surface area contributed by atoms with E-state index in [1.165, 1.54) is 24.3 Å². The number of aliphatic hydroxyl groups is 1. The normalized spacial score (nSPS) is 13.2. The smallest absolute Gasteiger partial charge is 0.455 e. The number of halogens is 4. The molecule has 0 amide bonds. The van der Waals surface area contributed by atoms with Crippen molar-refractivity contribution in [2.75, 3.05) is 0 Å². The Kier molecular flexibility index (Phi) is 5.14. The van der Waals surface area contributed by atoms with Gasteiger partial charge >= 0.3 is 6.18 Å². The minimum absolute atomic E-state index is 0.227. The van der Waals surface area contributed by atoms with E-state index in [-0.39, 0.29) is 11.4 Å². The van der Waals surface area contributed by atoms with Crippen molar-refractivity contribution in [1.29, 1.82) is 0 Å². The lowest BCUT2D eigenvalue weighted by molar-refractivity contribution is -0.165. The number of furan rings is 1. The van der Waals surface area contributed by atoms with Crippen molar-refractivity contribution in [3.8, 4) is 0 Å². The number of ketones is 1. The maximum absolute atomic E-state index is 12.7. The summed E-state index contributed by atoms with van der Waals surface area (Å²) in [6.07, 6.45) is -3.39. The molecule has 0 aliphatic rings. The lowest BCUT2D eigenvalue weighted by atomic mass is 10.1. The van der Waals surface area contributed by atoms with Gasteiger partial charge in [-0.05, 0) is 36.8 Å². The summed E-state index contributed by atoms with van der Waals surface area (Å²) in [7, 11) is 0. The van der Waals surface area contributed by atoms with Gasteiger partial charge in [-0.15, -0.1) is 0 Å². The number of rotatable bonds is 4. The predicted molar refractivity (Wildman–Crippen MR) is 83.7 cm³/mol. The van der Waals surface area contributed by atoms with Crippen LogP contribution in [0.1, 0.15) is 11.3 Å². The van der Waals surface area contributed by atoms with Crippen LogP contribution in [0.3, 0.4) is 0 Å². The Labute approximate surface area is 139 Å². The standard InChI is InChI=1S/C16H11ClF3NO3/c1-9-4-5-10(7-12(9)17)21-8-11(15(23)16(18,19)20)14(22)13-3-2-6-24-13/h2-8,22H,1H3. The highest BCUT2D eigenvalue weighted by Gasteiger charge is 2.42. The molecule has 0 aliphatic carbocycles. The molecule has 1 aromatic carbocycles. The van der Waals surface area contributed by atoms with Crippen LogP contribution in [0.25, 0.3) is 5.76 Å². The molecule has 8 heteroatoms. The first-order chi connectivity index (χ1) is 11.2. The number of aliphatic hydroxyl groups excluding tert-OH is 1. The maximum atomic E-state index is 12.7. The molecule has 0 radical (unpaired) electrons. The van der Waals surface area contributed by atoms with E-state index in [0.29, 0.717) is 11.2 Å². The van der Waals surface area contributed by atoms with Crippen molar-refractivity contribution in [1.82, 2.24) is 0 Å². The van der Waals surface area contributed by atoms with Crippen molar-refractivity contribution in [2.24, 2.45) is 4.99 Å². The highest BCUT2D eigenvalue weighted by Crippen LogP contribution is 2.26. The Hall–Kier alpha value is -2.54. The number of carbonyl (C=O) groups excluding carboxylic acids is 1. The molecule has 1 heterocycles. The summed E-state index contributed by atoms with van der Waals surface area (Å²) < 4.78 is 43.0. The first-order valence-electron chi connectivity index (χ1n) is 6.59. The van der Waals surface area contributed by atoms with Crippen LogP contribution in [0.15, 0.2) is 51.6 Å². The molecule has 0 aliphatic heterocycles. The van der Waals surface area contributed by atoms with E-state index in [4.69, 9.17) is 16.0 Å². The number of Topliss-reactive ketones (excluding diaryl/α,β-unsaturated/α-hetero) is 1. The van der Waals surface area contributed by atoms with Crippen molar-refractivity contribution in [3.05, 3.63) is 58.5 Å². The fourth-order valence-electron chi connectivity index (χ4n) is 1.73. The zero-order chi connectivity index (χ0) is 17.9. The first kappa shape index (κ1) is 17.8. The average Bonchev–Trinajstić information content (AvgIpc) is 3.04. The SMILES string of the molecule is Cc1ccc(N=CC(C(=O)C(F)(F)F)=C(O)c2ccco2)cc1Cl. The topological polar surface area (TPSA) is 62.8 Å². The summed E-state index contributed by atoms with van der Waals surface area (Å²) in [5, 5.41) is 10.3. The molecule has 1 aromatic heterocycles. The highest BCUT2D eigenvalue weighted by molar-refractivity contribution is 6.31. The van der Waals surface area contributed by atoms with E-state index < -0.39 is 23.3 Å². The van der Waals surface area contributed by atoms with Gasteiger partial charge in [-0.2, -0.15) is 13.2 Å². The monoisotopic (exact) mass is 357 g/mol. The van der Waals surface area contributed by atoms with Crippen LogP contribution in [0, 0.1) is 6.92 Å². The molecule has 24 heavy (non-hydrogen) atoms. The van der Waals surface area contributed by atoms with Gasteiger partial charge in [0.25, 0.3) is 5.78 Å². The van der Waals surface area contributed by atoms with E-state index in [2.05, 4.69) is 4.99 Å². The van der Waals surface area contributed by atoms with Gasteiger partial charge in [0.2, 0.25) is 0 Å². The second-order valence-corrected chi connectivity index (χ2v) is 5.17. The number of allylic oxidation sites excluding steroid dienone is 1.